The highest BCUT2D eigenvalue weighted by atomic mass is 16.5. The Labute approximate surface area is 119 Å². The molecule has 0 fully saturated rings. The van der Waals surface area contributed by atoms with Crippen LogP contribution in [0.1, 0.15) is 22.5 Å². The van der Waals surface area contributed by atoms with E-state index in [1.165, 1.54) is 7.11 Å². The third kappa shape index (κ3) is 5.54. The van der Waals surface area contributed by atoms with E-state index in [-0.39, 0.29) is 5.97 Å². The summed E-state index contributed by atoms with van der Waals surface area (Å²) < 4.78 is 14.9. The van der Waals surface area contributed by atoms with Crippen molar-refractivity contribution in [2.45, 2.75) is 13.3 Å². The van der Waals surface area contributed by atoms with Gasteiger partial charge in [-0.25, -0.2) is 9.78 Å². The molecule has 6 nitrogen and oxygen atoms in total. The van der Waals surface area contributed by atoms with Crippen molar-refractivity contribution in [1.29, 1.82) is 0 Å². The summed E-state index contributed by atoms with van der Waals surface area (Å²) >= 11 is 0. The lowest BCUT2D eigenvalue weighted by Gasteiger charge is -2.09. The smallest absolute Gasteiger partial charge is 0.339 e. The molecule has 0 radical (unpaired) electrons. The first-order valence-corrected chi connectivity index (χ1v) is 6.55. The number of esters is 1. The molecule has 20 heavy (non-hydrogen) atoms. The monoisotopic (exact) mass is 282 g/mol. The maximum absolute atomic E-state index is 11.4. The molecule has 0 unspecified atom stereocenters. The second-order valence-electron chi connectivity index (χ2n) is 4.21. The number of pyridine rings is 1. The minimum absolute atomic E-state index is 0.368. The molecule has 112 valence electrons. The highest BCUT2D eigenvalue weighted by Gasteiger charge is 2.10. The second-order valence-corrected chi connectivity index (χ2v) is 4.21. The summed E-state index contributed by atoms with van der Waals surface area (Å²) in [5, 5.41) is 3.19. The van der Waals surface area contributed by atoms with Crippen molar-refractivity contribution in [2.24, 2.45) is 0 Å². The van der Waals surface area contributed by atoms with Gasteiger partial charge in [0.05, 0.1) is 31.6 Å². The number of nitrogens with zero attached hydrogens (tertiary/aromatic N) is 1. The number of nitrogens with one attached hydrogen (secondary N) is 1. The average molecular weight is 282 g/mol. The van der Waals surface area contributed by atoms with E-state index in [0.717, 1.165) is 18.8 Å². The molecule has 1 rings (SSSR count). The average Bonchev–Trinajstić information content (AvgIpc) is 2.45. The third-order valence-electron chi connectivity index (χ3n) is 2.69. The van der Waals surface area contributed by atoms with Gasteiger partial charge in [-0.3, -0.25) is 0 Å². The zero-order valence-corrected chi connectivity index (χ0v) is 12.3. The Kier molecular flexibility index (Phi) is 7.60. The highest BCUT2D eigenvalue weighted by Crippen LogP contribution is 2.11. The first-order valence-electron chi connectivity index (χ1n) is 6.55. The van der Waals surface area contributed by atoms with Crippen LogP contribution in [0.15, 0.2) is 12.1 Å². The van der Waals surface area contributed by atoms with Gasteiger partial charge in [0.1, 0.15) is 5.82 Å². The van der Waals surface area contributed by atoms with Gasteiger partial charge in [0, 0.05) is 20.3 Å². The minimum Gasteiger partial charge on any atom is -0.465 e. The lowest BCUT2D eigenvalue weighted by Crippen LogP contribution is -2.11. The number of aromatic nitrogens is 1. The predicted octanol–water partition coefficient (Wildman–Crippen LogP) is 1.64. The summed E-state index contributed by atoms with van der Waals surface area (Å²) in [6.45, 7) is 4.45. The Morgan fingerprint density at radius 2 is 2.05 bits per heavy atom. The Morgan fingerprint density at radius 1 is 1.25 bits per heavy atom. The molecule has 0 atom stereocenters. The van der Waals surface area contributed by atoms with Gasteiger partial charge >= 0.3 is 5.97 Å². The molecule has 0 aliphatic rings. The van der Waals surface area contributed by atoms with Crippen molar-refractivity contribution in [2.75, 3.05) is 45.9 Å². The van der Waals surface area contributed by atoms with Crippen LogP contribution < -0.4 is 5.32 Å². The van der Waals surface area contributed by atoms with E-state index in [2.05, 4.69) is 15.0 Å². The Balaban J connectivity index is 2.31. The number of hydrogen-bond donors (Lipinski definition) is 1. The van der Waals surface area contributed by atoms with E-state index in [0.29, 0.717) is 31.1 Å². The van der Waals surface area contributed by atoms with Crippen LogP contribution in [-0.2, 0) is 14.2 Å². The van der Waals surface area contributed by atoms with Crippen molar-refractivity contribution >= 4 is 11.8 Å². The number of hydrogen-bond acceptors (Lipinski definition) is 6. The molecule has 6 heteroatoms. The van der Waals surface area contributed by atoms with Gasteiger partial charge in [-0.2, -0.15) is 0 Å². The van der Waals surface area contributed by atoms with E-state index in [1.807, 2.05) is 0 Å². The summed E-state index contributed by atoms with van der Waals surface area (Å²) in [4.78, 5) is 15.7. The van der Waals surface area contributed by atoms with E-state index < -0.39 is 0 Å². The van der Waals surface area contributed by atoms with Crippen LogP contribution >= 0.6 is 0 Å². The predicted molar refractivity (Wildman–Crippen MR) is 76.1 cm³/mol. The molecule has 1 heterocycles. The van der Waals surface area contributed by atoms with Gasteiger partial charge in [-0.05, 0) is 25.5 Å². The Morgan fingerprint density at radius 3 is 2.70 bits per heavy atom. The number of rotatable bonds is 9. The summed E-state index contributed by atoms with van der Waals surface area (Å²) in [7, 11) is 3.01. The zero-order chi connectivity index (χ0) is 14.8. The summed E-state index contributed by atoms with van der Waals surface area (Å²) in [5.41, 5.74) is 1.14. The lowest BCUT2D eigenvalue weighted by atomic mass is 10.2. The van der Waals surface area contributed by atoms with E-state index in [9.17, 15) is 4.79 Å². The standard InChI is InChI=1S/C14H22N2O4/c1-11-12(14(17)19-3)5-6-13(16-11)15-7-4-8-20-10-9-18-2/h5-6H,4,7-10H2,1-3H3,(H,15,16). The fourth-order valence-corrected chi connectivity index (χ4v) is 1.62. The molecular weight excluding hydrogens is 260 g/mol. The molecule has 1 aromatic heterocycles. The maximum atomic E-state index is 11.4. The van der Waals surface area contributed by atoms with E-state index >= 15 is 0 Å². The lowest BCUT2D eigenvalue weighted by molar-refractivity contribution is 0.0599. The molecule has 1 aromatic rings. The van der Waals surface area contributed by atoms with Gasteiger partial charge in [0.25, 0.3) is 0 Å². The fraction of sp³-hybridized carbons (Fsp3) is 0.571. The van der Waals surface area contributed by atoms with Crippen LogP contribution in [0.25, 0.3) is 0 Å². The number of aryl methyl sites for hydroxylation is 1. The maximum Gasteiger partial charge on any atom is 0.339 e. The van der Waals surface area contributed by atoms with Crippen LogP contribution in [0.4, 0.5) is 5.82 Å². The topological polar surface area (TPSA) is 69.7 Å². The van der Waals surface area contributed by atoms with Gasteiger partial charge in [0.2, 0.25) is 0 Å². The summed E-state index contributed by atoms with van der Waals surface area (Å²) in [6.07, 6.45) is 0.878. The number of carbonyl (C=O) groups is 1. The number of carbonyl (C=O) groups excluding carboxylic acids is 1. The fourth-order valence-electron chi connectivity index (χ4n) is 1.62. The molecule has 1 N–H and O–H groups in total. The van der Waals surface area contributed by atoms with Crippen molar-refractivity contribution in [1.82, 2.24) is 4.98 Å². The SMILES string of the molecule is COCCOCCCNc1ccc(C(=O)OC)c(C)n1. The summed E-state index contributed by atoms with van der Waals surface area (Å²) in [6, 6.07) is 3.48. The van der Waals surface area contributed by atoms with Crippen LogP contribution in [0.5, 0.6) is 0 Å². The molecule has 0 aliphatic carbocycles. The third-order valence-corrected chi connectivity index (χ3v) is 2.69. The minimum atomic E-state index is -0.368. The molecule has 0 spiro atoms. The van der Waals surface area contributed by atoms with Crippen LogP contribution in [0.3, 0.4) is 0 Å². The van der Waals surface area contributed by atoms with Gasteiger partial charge in [0.15, 0.2) is 0 Å². The highest BCUT2D eigenvalue weighted by molar-refractivity contribution is 5.90. The molecule has 0 saturated carbocycles. The van der Waals surface area contributed by atoms with Gasteiger partial charge in [-0.15, -0.1) is 0 Å². The quantitative estimate of drug-likeness (QED) is 0.548. The van der Waals surface area contributed by atoms with Crippen LogP contribution in [0, 0.1) is 6.92 Å². The largest absolute Gasteiger partial charge is 0.465 e. The molecular formula is C14H22N2O4. The molecule has 0 saturated heterocycles. The van der Waals surface area contributed by atoms with Gasteiger partial charge < -0.3 is 19.5 Å². The number of ether oxygens (including phenoxy) is 3. The number of anilines is 1. The normalized spacial score (nSPS) is 10.3. The van der Waals surface area contributed by atoms with Crippen molar-refractivity contribution in [3.63, 3.8) is 0 Å². The zero-order valence-electron chi connectivity index (χ0n) is 12.3. The Bertz CT molecular complexity index is 424. The Hall–Kier alpha value is -1.66. The van der Waals surface area contributed by atoms with Crippen LogP contribution in [-0.4, -0.2) is 51.5 Å². The van der Waals surface area contributed by atoms with E-state index in [1.54, 1.807) is 26.2 Å². The summed E-state index contributed by atoms with van der Waals surface area (Å²) in [5.74, 6) is 0.375. The van der Waals surface area contributed by atoms with Crippen molar-refractivity contribution in [3.05, 3.63) is 23.4 Å². The van der Waals surface area contributed by atoms with Gasteiger partial charge in [-0.1, -0.05) is 0 Å². The first kappa shape index (κ1) is 16.4. The molecule has 0 amide bonds. The van der Waals surface area contributed by atoms with Crippen LogP contribution in [0.2, 0.25) is 0 Å². The molecule has 0 bridgehead atoms. The van der Waals surface area contributed by atoms with Crippen molar-refractivity contribution in [3.8, 4) is 0 Å². The van der Waals surface area contributed by atoms with E-state index in [4.69, 9.17) is 9.47 Å². The van der Waals surface area contributed by atoms with Crippen molar-refractivity contribution < 1.29 is 19.0 Å². The molecule has 0 aromatic carbocycles. The first-order chi connectivity index (χ1) is 9.69. The molecule has 0 aliphatic heterocycles. The second kappa shape index (κ2) is 9.28. The number of methoxy groups -OCH3 is 2.